The summed E-state index contributed by atoms with van der Waals surface area (Å²) in [6.45, 7) is 3.76. The van der Waals surface area contributed by atoms with Crippen molar-refractivity contribution in [2.45, 2.75) is 26.5 Å². The third kappa shape index (κ3) is 4.34. The van der Waals surface area contributed by atoms with Crippen molar-refractivity contribution < 1.29 is 14.3 Å². The van der Waals surface area contributed by atoms with Crippen LogP contribution in [0, 0.1) is 6.92 Å². The first-order chi connectivity index (χ1) is 12.5. The molecule has 0 unspecified atom stereocenters. The molecule has 8 heteroatoms. The summed E-state index contributed by atoms with van der Waals surface area (Å²) < 4.78 is 5.27. The highest BCUT2D eigenvalue weighted by molar-refractivity contribution is 7.09. The van der Waals surface area contributed by atoms with Gasteiger partial charge in [-0.2, -0.15) is 5.10 Å². The number of rotatable bonds is 6. The smallest absolute Gasteiger partial charge is 0.338 e. The Morgan fingerprint density at radius 2 is 2.15 bits per heavy atom. The van der Waals surface area contributed by atoms with E-state index in [0.717, 1.165) is 4.88 Å². The standard InChI is InChI=1S/C18H18N4O3S/c1-11(17(23)19-10-15-7-4-8-26-15)25-18(24)14-6-3-5-13(9-14)16-20-12(2)21-22-16/h3-9,11H,10H2,1-2H3,(H,19,23)(H,20,21,22)/t11-/m1/s1. The van der Waals surface area contributed by atoms with Crippen molar-refractivity contribution in [2.24, 2.45) is 0 Å². The van der Waals surface area contributed by atoms with Crippen molar-refractivity contribution in [3.8, 4) is 11.4 Å². The molecule has 0 radical (unpaired) electrons. The zero-order chi connectivity index (χ0) is 18.5. The lowest BCUT2D eigenvalue weighted by atomic mass is 10.1. The van der Waals surface area contributed by atoms with E-state index in [4.69, 9.17) is 4.74 Å². The van der Waals surface area contributed by atoms with E-state index < -0.39 is 12.1 Å². The van der Waals surface area contributed by atoms with Crippen LogP contribution in [0.4, 0.5) is 0 Å². The number of carbonyl (C=O) groups excluding carboxylic acids is 2. The molecule has 0 saturated heterocycles. The summed E-state index contributed by atoms with van der Waals surface area (Å²) in [6, 6.07) is 10.6. The van der Waals surface area contributed by atoms with Crippen molar-refractivity contribution in [1.29, 1.82) is 0 Å². The molecule has 0 aliphatic rings. The SMILES string of the molecule is Cc1nc(-c2cccc(C(=O)O[C@H](C)C(=O)NCc3cccs3)c2)n[nH]1. The average Bonchev–Trinajstić information content (AvgIpc) is 3.31. The predicted molar refractivity (Wildman–Crippen MR) is 97.6 cm³/mol. The van der Waals surface area contributed by atoms with Crippen molar-refractivity contribution in [3.05, 3.63) is 58.0 Å². The fraction of sp³-hybridized carbons (Fsp3) is 0.222. The molecule has 7 nitrogen and oxygen atoms in total. The van der Waals surface area contributed by atoms with Gasteiger partial charge in [0.05, 0.1) is 12.1 Å². The average molecular weight is 370 g/mol. The second-order valence-electron chi connectivity index (χ2n) is 5.67. The van der Waals surface area contributed by atoms with Gasteiger partial charge >= 0.3 is 5.97 Å². The highest BCUT2D eigenvalue weighted by Crippen LogP contribution is 2.17. The molecule has 0 spiro atoms. The lowest BCUT2D eigenvalue weighted by Crippen LogP contribution is -2.35. The number of nitrogens with one attached hydrogen (secondary N) is 2. The molecule has 0 aliphatic heterocycles. The molecular formula is C18H18N4O3S. The van der Waals surface area contributed by atoms with Crippen LogP contribution in [0.5, 0.6) is 0 Å². The Hall–Kier alpha value is -3.00. The number of carbonyl (C=O) groups is 2. The van der Waals surface area contributed by atoms with E-state index in [1.165, 1.54) is 0 Å². The minimum Gasteiger partial charge on any atom is -0.449 e. The first-order valence-electron chi connectivity index (χ1n) is 8.03. The fourth-order valence-corrected chi connectivity index (χ4v) is 2.91. The summed E-state index contributed by atoms with van der Waals surface area (Å²) in [6.07, 6.45) is -0.892. The van der Waals surface area contributed by atoms with E-state index in [1.54, 1.807) is 49.4 Å². The molecule has 1 aromatic carbocycles. The second-order valence-corrected chi connectivity index (χ2v) is 6.70. The number of amides is 1. The number of H-pyrrole nitrogens is 1. The topological polar surface area (TPSA) is 97.0 Å². The summed E-state index contributed by atoms with van der Waals surface area (Å²) in [5.41, 5.74) is 1.03. The van der Waals surface area contributed by atoms with E-state index >= 15 is 0 Å². The number of aromatic amines is 1. The number of hydrogen-bond acceptors (Lipinski definition) is 6. The molecule has 0 fully saturated rings. The zero-order valence-electron chi connectivity index (χ0n) is 14.4. The van der Waals surface area contributed by atoms with Crippen LogP contribution in [0.1, 0.15) is 28.0 Å². The number of aromatic nitrogens is 3. The maximum absolute atomic E-state index is 12.3. The largest absolute Gasteiger partial charge is 0.449 e. The molecule has 2 aromatic heterocycles. The molecule has 1 amide bonds. The molecule has 1 atom stereocenters. The van der Waals surface area contributed by atoms with Gasteiger partial charge in [0.15, 0.2) is 11.9 Å². The number of nitrogens with zero attached hydrogens (tertiary/aromatic N) is 2. The van der Waals surface area contributed by atoms with Crippen molar-refractivity contribution in [2.75, 3.05) is 0 Å². The van der Waals surface area contributed by atoms with Gasteiger partial charge in [-0.3, -0.25) is 9.89 Å². The van der Waals surface area contributed by atoms with Crippen LogP contribution in [0.2, 0.25) is 0 Å². The van der Waals surface area contributed by atoms with Crippen LogP contribution in [0.3, 0.4) is 0 Å². The van der Waals surface area contributed by atoms with Gasteiger partial charge in [0, 0.05) is 10.4 Å². The maximum Gasteiger partial charge on any atom is 0.338 e. The van der Waals surface area contributed by atoms with Crippen LogP contribution in [0.15, 0.2) is 41.8 Å². The molecule has 2 heterocycles. The Labute approximate surface area is 154 Å². The summed E-state index contributed by atoms with van der Waals surface area (Å²) in [4.78, 5) is 29.7. The van der Waals surface area contributed by atoms with Gasteiger partial charge < -0.3 is 10.1 Å². The van der Waals surface area contributed by atoms with Gasteiger partial charge in [-0.05, 0) is 37.4 Å². The van der Waals surface area contributed by atoms with Crippen molar-refractivity contribution in [1.82, 2.24) is 20.5 Å². The van der Waals surface area contributed by atoms with E-state index in [-0.39, 0.29) is 5.91 Å². The summed E-state index contributed by atoms with van der Waals surface area (Å²) in [5, 5.41) is 11.5. The molecule has 26 heavy (non-hydrogen) atoms. The summed E-state index contributed by atoms with van der Waals surface area (Å²) in [5.74, 6) is 0.272. The third-order valence-corrected chi connectivity index (χ3v) is 4.50. The highest BCUT2D eigenvalue weighted by Gasteiger charge is 2.19. The van der Waals surface area contributed by atoms with Gasteiger partial charge in [0.1, 0.15) is 5.82 Å². The highest BCUT2D eigenvalue weighted by atomic mass is 32.1. The van der Waals surface area contributed by atoms with Gasteiger partial charge in [0.2, 0.25) is 0 Å². The molecular weight excluding hydrogens is 352 g/mol. The molecule has 0 bridgehead atoms. The molecule has 0 saturated carbocycles. The van der Waals surface area contributed by atoms with Crippen molar-refractivity contribution >= 4 is 23.2 Å². The van der Waals surface area contributed by atoms with Gasteiger partial charge in [0.25, 0.3) is 5.91 Å². The van der Waals surface area contributed by atoms with Crippen LogP contribution < -0.4 is 5.32 Å². The minimum absolute atomic E-state index is 0.336. The molecule has 3 rings (SSSR count). The number of esters is 1. The first-order valence-corrected chi connectivity index (χ1v) is 8.91. The van der Waals surface area contributed by atoms with E-state index in [2.05, 4.69) is 20.5 Å². The van der Waals surface area contributed by atoms with Crippen LogP contribution in [-0.2, 0) is 16.1 Å². The zero-order valence-corrected chi connectivity index (χ0v) is 15.2. The van der Waals surface area contributed by atoms with Crippen molar-refractivity contribution in [3.63, 3.8) is 0 Å². The fourth-order valence-electron chi connectivity index (χ4n) is 2.27. The number of aryl methyl sites for hydroxylation is 1. The Bertz CT molecular complexity index is 905. The monoisotopic (exact) mass is 370 g/mol. The van der Waals surface area contributed by atoms with E-state index in [1.807, 2.05) is 17.5 Å². The van der Waals surface area contributed by atoms with E-state index in [0.29, 0.717) is 29.3 Å². The number of thiophene rings is 1. The number of benzene rings is 1. The Balaban J connectivity index is 1.61. The molecule has 134 valence electrons. The Morgan fingerprint density at radius 1 is 1.31 bits per heavy atom. The quantitative estimate of drug-likeness (QED) is 0.650. The van der Waals surface area contributed by atoms with Crippen LogP contribution >= 0.6 is 11.3 Å². The van der Waals surface area contributed by atoms with Gasteiger partial charge in [-0.1, -0.05) is 18.2 Å². The lowest BCUT2D eigenvalue weighted by molar-refractivity contribution is -0.129. The predicted octanol–water partition coefficient (Wildman–Crippen LogP) is 2.70. The molecule has 0 aliphatic carbocycles. The third-order valence-electron chi connectivity index (χ3n) is 3.62. The van der Waals surface area contributed by atoms with Gasteiger partial charge in [-0.25, -0.2) is 9.78 Å². The van der Waals surface area contributed by atoms with Gasteiger partial charge in [-0.15, -0.1) is 11.3 Å². The molecule has 3 aromatic rings. The van der Waals surface area contributed by atoms with E-state index in [9.17, 15) is 9.59 Å². The maximum atomic E-state index is 12.3. The second kappa shape index (κ2) is 7.92. The Morgan fingerprint density at radius 3 is 2.85 bits per heavy atom. The minimum atomic E-state index is -0.892. The first kappa shape index (κ1) is 17.8. The van der Waals surface area contributed by atoms with Crippen LogP contribution in [-0.4, -0.2) is 33.2 Å². The number of ether oxygens (including phenoxy) is 1. The Kier molecular flexibility index (Phi) is 5.43. The summed E-state index contributed by atoms with van der Waals surface area (Å²) >= 11 is 1.55. The molecule has 2 N–H and O–H groups in total. The van der Waals surface area contributed by atoms with Crippen LogP contribution in [0.25, 0.3) is 11.4 Å². The normalized spacial score (nSPS) is 11.8. The lowest BCUT2D eigenvalue weighted by Gasteiger charge is -2.13. The summed E-state index contributed by atoms with van der Waals surface area (Å²) in [7, 11) is 0. The number of hydrogen-bond donors (Lipinski definition) is 2.